The van der Waals surface area contributed by atoms with Crippen molar-refractivity contribution < 1.29 is 9.53 Å². The molecular weight excluding hydrogens is 238 g/mol. The minimum absolute atomic E-state index is 0.0508. The van der Waals surface area contributed by atoms with E-state index < -0.39 is 0 Å². The molecule has 0 spiro atoms. The minimum atomic E-state index is -0.0508. The quantitative estimate of drug-likeness (QED) is 0.512. The lowest BCUT2D eigenvalue weighted by molar-refractivity contribution is -0.143. The van der Waals surface area contributed by atoms with E-state index in [1.54, 1.807) is 0 Å². The van der Waals surface area contributed by atoms with Crippen molar-refractivity contribution in [3.8, 4) is 0 Å². The molecule has 0 saturated heterocycles. The molecule has 0 amide bonds. The van der Waals surface area contributed by atoms with Crippen LogP contribution in [0.5, 0.6) is 0 Å². The van der Waals surface area contributed by atoms with Crippen molar-refractivity contribution in [3.05, 3.63) is 0 Å². The third kappa shape index (κ3) is 7.56. The van der Waals surface area contributed by atoms with Crippen LogP contribution < -0.4 is 5.32 Å². The Hall–Kier alpha value is -0.570. The number of ether oxygens (including phenoxy) is 1. The van der Waals surface area contributed by atoms with Gasteiger partial charge in [0.1, 0.15) is 0 Å². The molecule has 0 unspecified atom stereocenters. The molecule has 0 radical (unpaired) electrons. The fraction of sp³-hybridized carbons (Fsp3) is 0.938. The molecule has 1 rings (SSSR count). The molecule has 0 atom stereocenters. The highest BCUT2D eigenvalue weighted by molar-refractivity contribution is 5.69. The van der Waals surface area contributed by atoms with Gasteiger partial charge in [-0.2, -0.15) is 0 Å². The van der Waals surface area contributed by atoms with E-state index in [0.717, 1.165) is 32.4 Å². The van der Waals surface area contributed by atoms with Crippen molar-refractivity contribution >= 4 is 5.97 Å². The summed E-state index contributed by atoms with van der Waals surface area (Å²) < 4.78 is 4.91. The number of esters is 1. The van der Waals surface area contributed by atoms with E-state index in [2.05, 4.69) is 12.2 Å². The van der Waals surface area contributed by atoms with Gasteiger partial charge in [0.25, 0.3) is 0 Å². The molecule has 3 heteroatoms. The summed E-state index contributed by atoms with van der Waals surface area (Å²) in [5, 5.41) is 3.59. The zero-order chi connectivity index (χ0) is 14.0. The number of carbonyl (C=O) groups is 1. The molecule has 1 aliphatic rings. The van der Waals surface area contributed by atoms with Crippen LogP contribution >= 0.6 is 0 Å². The van der Waals surface area contributed by atoms with E-state index in [0.29, 0.717) is 18.4 Å². The lowest BCUT2D eigenvalue weighted by Crippen LogP contribution is -2.34. The van der Waals surface area contributed by atoms with Gasteiger partial charge in [-0.05, 0) is 44.6 Å². The summed E-state index contributed by atoms with van der Waals surface area (Å²) >= 11 is 0. The molecule has 0 aliphatic heterocycles. The van der Waals surface area contributed by atoms with Crippen LogP contribution in [0.25, 0.3) is 0 Å². The summed E-state index contributed by atoms with van der Waals surface area (Å²) in [5.74, 6) is -0.0508. The summed E-state index contributed by atoms with van der Waals surface area (Å²) in [5.41, 5.74) is 0.531. The Balaban J connectivity index is 1.92. The highest BCUT2D eigenvalue weighted by Crippen LogP contribution is 2.34. The van der Waals surface area contributed by atoms with Crippen molar-refractivity contribution in [2.24, 2.45) is 5.41 Å². The predicted molar refractivity (Wildman–Crippen MR) is 79.2 cm³/mol. The Morgan fingerprint density at radius 2 is 1.89 bits per heavy atom. The SMILES string of the molecule is CCOC(=O)CCCCCNCC1(C)CCCCC1. The molecule has 0 aromatic carbocycles. The second kappa shape index (κ2) is 9.35. The number of nitrogens with one attached hydrogen (secondary N) is 1. The highest BCUT2D eigenvalue weighted by Gasteiger charge is 2.25. The predicted octanol–water partition coefficient (Wildman–Crippen LogP) is 3.67. The third-order valence-corrected chi connectivity index (χ3v) is 4.15. The third-order valence-electron chi connectivity index (χ3n) is 4.15. The van der Waals surface area contributed by atoms with Crippen molar-refractivity contribution in [1.29, 1.82) is 0 Å². The molecular formula is C16H31NO2. The molecule has 19 heavy (non-hydrogen) atoms. The van der Waals surface area contributed by atoms with Gasteiger partial charge in [-0.1, -0.05) is 32.6 Å². The lowest BCUT2D eigenvalue weighted by Gasteiger charge is -2.33. The largest absolute Gasteiger partial charge is 0.466 e. The Morgan fingerprint density at radius 3 is 2.58 bits per heavy atom. The van der Waals surface area contributed by atoms with Crippen molar-refractivity contribution in [1.82, 2.24) is 5.32 Å². The molecule has 1 fully saturated rings. The molecule has 0 bridgehead atoms. The van der Waals surface area contributed by atoms with Crippen LogP contribution in [0.4, 0.5) is 0 Å². The normalized spacial score (nSPS) is 18.2. The first kappa shape index (κ1) is 16.5. The highest BCUT2D eigenvalue weighted by atomic mass is 16.5. The Morgan fingerprint density at radius 1 is 1.16 bits per heavy atom. The second-order valence-electron chi connectivity index (χ2n) is 6.16. The van der Waals surface area contributed by atoms with Gasteiger partial charge in [0.2, 0.25) is 0 Å². The number of rotatable bonds is 9. The Labute approximate surface area is 118 Å². The van der Waals surface area contributed by atoms with Gasteiger partial charge >= 0.3 is 5.97 Å². The van der Waals surface area contributed by atoms with Crippen molar-refractivity contribution in [3.63, 3.8) is 0 Å². The first-order valence-corrected chi connectivity index (χ1v) is 8.03. The van der Waals surface area contributed by atoms with Crippen LogP contribution in [-0.4, -0.2) is 25.7 Å². The van der Waals surface area contributed by atoms with Crippen LogP contribution in [0.3, 0.4) is 0 Å². The van der Waals surface area contributed by atoms with Crippen molar-refractivity contribution in [2.45, 2.75) is 71.6 Å². The number of carbonyl (C=O) groups excluding carboxylic acids is 1. The van der Waals surface area contributed by atoms with Gasteiger partial charge in [0.15, 0.2) is 0 Å². The van der Waals surface area contributed by atoms with Crippen LogP contribution in [-0.2, 0) is 9.53 Å². The van der Waals surface area contributed by atoms with E-state index in [4.69, 9.17) is 4.74 Å². The zero-order valence-corrected chi connectivity index (χ0v) is 12.8. The second-order valence-corrected chi connectivity index (χ2v) is 6.16. The maximum absolute atomic E-state index is 11.1. The molecule has 1 saturated carbocycles. The maximum Gasteiger partial charge on any atom is 0.305 e. The van der Waals surface area contributed by atoms with E-state index in [1.807, 2.05) is 6.92 Å². The van der Waals surface area contributed by atoms with Gasteiger partial charge in [0, 0.05) is 13.0 Å². The fourth-order valence-corrected chi connectivity index (χ4v) is 2.90. The van der Waals surface area contributed by atoms with Crippen LogP contribution in [0.2, 0.25) is 0 Å². The van der Waals surface area contributed by atoms with Gasteiger partial charge in [-0.25, -0.2) is 0 Å². The smallest absolute Gasteiger partial charge is 0.305 e. The lowest BCUT2D eigenvalue weighted by atomic mass is 9.76. The fourth-order valence-electron chi connectivity index (χ4n) is 2.90. The molecule has 1 aliphatic carbocycles. The van der Waals surface area contributed by atoms with Gasteiger partial charge < -0.3 is 10.1 Å². The maximum atomic E-state index is 11.1. The first-order valence-electron chi connectivity index (χ1n) is 8.03. The summed E-state index contributed by atoms with van der Waals surface area (Å²) in [6, 6.07) is 0. The van der Waals surface area contributed by atoms with Gasteiger partial charge in [-0.15, -0.1) is 0 Å². The van der Waals surface area contributed by atoms with Crippen LogP contribution in [0.1, 0.15) is 71.6 Å². The molecule has 0 aromatic heterocycles. The summed E-state index contributed by atoms with van der Waals surface area (Å²) in [4.78, 5) is 11.1. The van der Waals surface area contributed by atoms with Crippen LogP contribution in [0, 0.1) is 5.41 Å². The Kier molecular flexibility index (Phi) is 8.11. The van der Waals surface area contributed by atoms with Crippen molar-refractivity contribution in [2.75, 3.05) is 19.7 Å². The number of unbranched alkanes of at least 4 members (excludes halogenated alkanes) is 2. The topological polar surface area (TPSA) is 38.3 Å². The first-order chi connectivity index (χ1) is 9.16. The van der Waals surface area contributed by atoms with E-state index >= 15 is 0 Å². The standard InChI is InChI=1S/C16H31NO2/c1-3-19-15(18)10-6-4-9-13-17-14-16(2)11-7-5-8-12-16/h17H,3-14H2,1-2H3. The minimum Gasteiger partial charge on any atom is -0.466 e. The summed E-state index contributed by atoms with van der Waals surface area (Å²) in [7, 11) is 0. The van der Waals surface area contributed by atoms with Crippen LogP contribution in [0.15, 0.2) is 0 Å². The molecule has 0 aromatic rings. The monoisotopic (exact) mass is 269 g/mol. The molecule has 0 heterocycles. The summed E-state index contributed by atoms with van der Waals surface area (Å²) in [6.45, 7) is 7.01. The zero-order valence-electron chi connectivity index (χ0n) is 12.8. The van der Waals surface area contributed by atoms with Gasteiger partial charge in [-0.3, -0.25) is 4.79 Å². The molecule has 3 nitrogen and oxygen atoms in total. The average Bonchev–Trinajstić information content (AvgIpc) is 2.39. The average molecular weight is 269 g/mol. The van der Waals surface area contributed by atoms with E-state index in [-0.39, 0.29) is 5.97 Å². The van der Waals surface area contributed by atoms with E-state index in [1.165, 1.54) is 32.1 Å². The number of hydrogen-bond acceptors (Lipinski definition) is 3. The summed E-state index contributed by atoms with van der Waals surface area (Å²) in [6.07, 6.45) is 10.8. The van der Waals surface area contributed by atoms with E-state index in [9.17, 15) is 4.79 Å². The van der Waals surface area contributed by atoms with Gasteiger partial charge in [0.05, 0.1) is 6.61 Å². The number of hydrogen-bond donors (Lipinski definition) is 1. The molecule has 112 valence electrons. The molecule has 1 N–H and O–H groups in total. The Bertz CT molecular complexity index is 247.